The average Bonchev–Trinajstić information content (AvgIpc) is 3.92. The first kappa shape index (κ1) is 36.4. The van der Waals surface area contributed by atoms with Crippen LogP contribution >= 0.6 is 11.3 Å². The molecule has 0 saturated heterocycles. The molecule has 0 amide bonds. The van der Waals surface area contributed by atoms with Gasteiger partial charge in [0.15, 0.2) is 17.5 Å². The number of thiophene rings is 1. The molecule has 13 aromatic rings. The highest BCUT2D eigenvalue weighted by Crippen LogP contribution is 2.41. The number of hydrogen-bond acceptors (Lipinski definition) is 4. The van der Waals surface area contributed by atoms with Gasteiger partial charge in [-0.1, -0.05) is 188 Å². The predicted octanol–water partition coefficient (Wildman–Crippen LogP) is 16.0. The summed E-state index contributed by atoms with van der Waals surface area (Å²) in [5.74, 6) is 1.86. The average molecular weight is 833 g/mol. The lowest BCUT2D eigenvalue weighted by Gasteiger charge is -2.16. The van der Waals surface area contributed by atoms with Gasteiger partial charge in [0.05, 0.1) is 16.7 Å². The van der Waals surface area contributed by atoms with Crippen molar-refractivity contribution < 1.29 is 0 Å². The van der Waals surface area contributed by atoms with Gasteiger partial charge < -0.3 is 4.57 Å². The van der Waals surface area contributed by atoms with Crippen molar-refractivity contribution in [2.24, 2.45) is 0 Å². The fraction of sp³-hybridized carbons (Fsp3) is 0. The third kappa shape index (κ3) is 5.93. The normalized spacial score (nSPS) is 11.8. The first-order valence-electron chi connectivity index (χ1n) is 21.6. The number of nitrogens with zero attached hydrogens (tertiary/aromatic N) is 4. The lowest BCUT2D eigenvalue weighted by molar-refractivity contribution is 1.07. The second-order valence-corrected chi connectivity index (χ2v) is 17.4. The minimum atomic E-state index is 0.611. The van der Waals surface area contributed by atoms with Gasteiger partial charge in [-0.25, -0.2) is 15.0 Å². The molecule has 298 valence electrons. The second kappa shape index (κ2) is 14.7. The molecule has 0 saturated carbocycles. The zero-order valence-corrected chi connectivity index (χ0v) is 35.3. The molecule has 0 fully saturated rings. The highest BCUT2D eigenvalue weighted by Gasteiger charge is 2.20. The number of para-hydroxylation sites is 2. The van der Waals surface area contributed by atoms with Gasteiger partial charge >= 0.3 is 0 Å². The summed E-state index contributed by atoms with van der Waals surface area (Å²) >= 11 is 1.85. The van der Waals surface area contributed by atoms with E-state index in [4.69, 9.17) is 15.0 Å². The van der Waals surface area contributed by atoms with Crippen LogP contribution in [0.1, 0.15) is 0 Å². The minimum Gasteiger partial charge on any atom is -0.309 e. The van der Waals surface area contributed by atoms with Crippen LogP contribution in [0.2, 0.25) is 0 Å². The summed E-state index contributed by atoms with van der Waals surface area (Å²) in [4.78, 5) is 15.9. The molecule has 0 aliphatic heterocycles. The van der Waals surface area contributed by atoms with Crippen molar-refractivity contribution in [1.82, 2.24) is 19.5 Å². The van der Waals surface area contributed by atoms with Gasteiger partial charge in [0.25, 0.3) is 0 Å². The van der Waals surface area contributed by atoms with Crippen LogP contribution in [0.4, 0.5) is 0 Å². The SMILES string of the molecule is c1ccc(-c2ccc(-c3nc(-c4ccc(-c5cccc6c5sc5ccccc56)cc4)nc(-c4ccc5c(ccc6ccccc65)c4)n3)cc2-n2c3ccccc3c3ccccc32)cc1. The van der Waals surface area contributed by atoms with Crippen LogP contribution < -0.4 is 0 Å². The molecule has 4 nitrogen and oxygen atoms in total. The summed E-state index contributed by atoms with van der Waals surface area (Å²) in [5.41, 5.74) is 10.7. The molecular weight excluding hydrogens is 797 g/mol. The molecule has 64 heavy (non-hydrogen) atoms. The van der Waals surface area contributed by atoms with Gasteiger partial charge in [-0.2, -0.15) is 0 Å². The Bertz CT molecular complexity index is 3900. The molecule has 13 rings (SSSR count). The van der Waals surface area contributed by atoms with E-state index >= 15 is 0 Å². The molecule has 0 atom stereocenters. The second-order valence-electron chi connectivity index (χ2n) is 16.4. The minimum absolute atomic E-state index is 0.611. The number of rotatable bonds is 6. The molecular formula is C59H36N4S. The maximum Gasteiger partial charge on any atom is 0.164 e. The fourth-order valence-corrected chi connectivity index (χ4v) is 10.8. The van der Waals surface area contributed by atoms with Crippen molar-refractivity contribution in [1.29, 1.82) is 0 Å². The van der Waals surface area contributed by atoms with E-state index in [2.05, 4.69) is 223 Å². The Kier molecular flexibility index (Phi) is 8.36. The van der Waals surface area contributed by atoms with E-state index in [1.807, 2.05) is 11.3 Å². The van der Waals surface area contributed by atoms with Gasteiger partial charge in [0, 0.05) is 53.2 Å². The van der Waals surface area contributed by atoms with E-state index in [0.717, 1.165) is 55.5 Å². The number of benzene rings is 10. The summed E-state index contributed by atoms with van der Waals surface area (Å²) in [6, 6.07) is 78.1. The van der Waals surface area contributed by atoms with E-state index < -0.39 is 0 Å². The highest BCUT2D eigenvalue weighted by atomic mass is 32.1. The molecule has 0 aliphatic carbocycles. The van der Waals surface area contributed by atoms with Crippen molar-refractivity contribution in [3.05, 3.63) is 218 Å². The quantitative estimate of drug-likeness (QED) is 0.157. The molecule has 0 aliphatic rings. The van der Waals surface area contributed by atoms with Crippen molar-refractivity contribution in [3.63, 3.8) is 0 Å². The van der Waals surface area contributed by atoms with Crippen LogP contribution in [0.5, 0.6) is 0 Å². The third-order valence-corrected chi connectivity index (χ3v) is 13.9. The van der Waals surface area contributed by atoms with Crippen molar-refractivity contribution in [2.75, 3.05) is 0 Å². The molecule has 0 bridgehead atoms. The Morgan fingerprint density at radius 2 is 0.844 bits per heavy atom. The van der Waals surface area contributed by atoms with Crippen molar-refractivity contribution in [3.8, 4) is 62.1 Å². The first-order chi connectivity index (χ1) is 31.7. The molecule has 5 heteroatoms. The lowest BCUT2D eigenvalue weighted by Crippen LogP contribution is -2.02. The molecule has 0 radical (unpaired) electrons. The van der Waals surface area contributed by atoms with Crippen molar-refractivity contribution >= 4 is 74.9 Å². The molecule has 10 aromatic carbocycles. The van der Waals surface area contributed by atoms with Crippen LogP contribution in [0.25, 0.3) is 126 Å². The van der Waals surface area contributed by atoms with Crippen LogP contribution in [0, 0.1) is 0 Å². The van der Waals surface area contributed by atoms with Crippen molar-refractivity contribution in [2.45, 2.75) is 0 Å². The number of fused-ring (bicyclic) bond motifs is 9. The first-order valence-corrected chi connectivity index (χ1v) is 22.4. The van der Waals surface area contributed by atoms with Crippen LogP contribution in [0.3, 0.4) is 0 Å². The Morgan fingerprint density at radius 1 is 0.312 bits per heavy atom. The van der Waals surface area contributed by atoms with E-state index in [-0.39, 0.29) is 0 Å². The summed E-state index contributed by atoms with van der Waals surface area (Å²) in [6.45, 7) is 0. The van der Waals surface area contributed by atoms with Gasteiger partial charge in [-0.05, 0) is 68.6 Å². The van der Waals surface area contributed by atoms with E-state index in [9.17, 15) is 0 Å². The standard InChI is InChI=1S/C59H36N4S/c1-2-13-37(14-3-1)46-34-32-43(36-54(46)63-52-22-9-6-17-48(52)49-18-7-10-23-53(49)63)59-61-57(60-58(62-59)42-31-33-45-41(35-42)30-27-38-15-4-5-16-44(38)45)40-28-25-39(26-29-40)47-20-12-21-51-50-19-8-11-24-55(50)64-56(47)51/h1-36H. The van der Waals surface area contributed by atoms with Gasteiger partial charge in [0.1, 0.15) is 0 Å². The maximum absolute atomic E-state index is 5.31. The number of hydrogen-bond donors (Lipinski definition) is 0. The third-order valence-electron chi connectivity index (χ3n) is 12.7. The fourth-order valence-electron chi connectivity index (χ4n) is 9.59. The Labute approximate surface area is 373 Å². The largest absolute Gasteiger partial charge is 0.309 e. The predicted molar refractivity (Wildman–Crippen MR) is 269 cm³/mol. The lowest BCUT2D eigenvalue weighted by atomic mass is 9.99. The van der Waals surface area contributed by atoms with Crippen LogP contribution in [-0.4, -0.2) is 19.5 Å². The molecule has 0 N–H and O–H groups in total. The number of aromatic nitrogens is 4. The van der Waals surface area contributed by atoms with Gasteiger partial charge in [-0.3, -0.25) is 0 Å². The van der Waals surface area contributed by atoms with E-state index in [1.54, 1.807) is 0 Å². The summed E-state index contributed by atoms with van der Waals surface area (Å²) < 4.78 is 4.98. The topological polar surface area (TPSA) is 43.6 Å². The zero-order chi connectivity index (χ0) is 42.1. The zero-order valence-electron chi connectivity index (χ0n) is 34.5. The summed E-state index contributed by atoms with van der Waals surface area (Å²) in [6.07, 6.45) is 0. The van der Waals surface area contributed by atoms with E-state index in [0.29, 0.717) is 17.5 Å². The van der Waals surface area contributed by atoms with E-state index in [1.165, 1.54) is 52.7 Å². The van der Waals surface area contributed by atoms with Gasteiger partial charge in [0.2, 0.25) is 0 Å². The molecule has 3 aromatic heterocycles. The Morgan fingerprint density at radius 3 is 1.61 bits per heavy atom. The van der Waals surface area contributed by atoms with Gasteiger partial charge in [-0.15, -0.1) is 11.3 Å². The molecule has 0 spiro atoms. The van der Waals surface area contributed by atoms with Crippen LogP contribution in [0.15, 0.2) is 218 Å². The smallest absolute Gasteiger partial charge is 0.164 e. The van der Waals surface area contributed by atoms with Crippen LogP contribution in [-0.2, 0) is 0 Å². The summed E-state index contributed by atoms with van der Waals surface area (Å²) in [5, 5.41) is 9.80. The Balaban J connectivity index is 1.01. The molecule has 0 unspecified atom stereocenters. The molecule has 3 heterocycles. The highest BCUT2D eigenvalue weighted by molar-refractivity contribution is 7.26. The maximum atomic E-state index is 5.31. The Hall–Kier alpha value is -8.25. The monoisotopic (exact) mass is 832 g/mol. The summed E-state index contributed by atoms with van der Waals surface area (Å²) in [7, 11) is 0.